The van der Waals surface area contributed by atoms with Crippen LogP contribution >= 0.6 is 0 Å². The van der Waals surface area contributed by atoms with Crippen molar-refractivity contribution in [2.45, 2.75) is 64.3 Å². The predicted molar refractivity (Wildman–Crippen MR) is 104 cm³/mol. The normalized spacial score (nSPS) is 26.8. The summed E-state index contributed by atoms with van der Waals surface area (Å²) < 4.78 is 0. The SMILES string of the molecule is Cc1ccc(C(=O)N2CC[C@]3(CCCN(C4CCCCC4)C3=O)C2)c(O)c1. The second-order valence-electron chi connectivity index (χ2n) is 8.67. The van der Waals surface area contributed by atoms with Gasteiger partial charge >= 0.3 is 0 Å². The molecule has 1 aromatic carbocycles. The van der Waals surface area contributed by atoms with Crippen LogP contribution in [0.25, 0.3) is 0 Å². The molecule has 27 heavy (non-hydrogen) atoms. The molecule has 1 saturated carbocycles. The van der Waals surface area contributed by atoms with Gasteiger partial charge < -0.3 is 14.9 Å². The maximum atomic E-state index is 13.4. The number of amides is 2. The lowest BCUT2D eigenvalue weighted by molar-refractivity contribution is -0.149. The fourth-order valence-electron chi connectivity index (χ4n) is 5.26. The minimum absolute atomic E-state index is 0.0275. The average molecular weight is 370 g/mol. The third kappa shape index (κ3) is 3.32. The largest absolute Gasteiger partial charge is 0.507 e. The van der Waals surface area contributed by atoms with Crippen molar-refractivity contribution < 1.29 is 14.7 Å². The van der Waals surface area contributed by atoms with Gasteiger partial charge in [0, 0.05) is 25.7 Å². The minimum Gasteiger partial charge on any atom is -0.507 e. The summed E-state index contributed by atoms with van der Waals surface area (Å²) in [7, 11) is 0. The van der Waals surface area contributed by atoms with Gasteiger partial charge in [0.1, 0.15) is 5.75 Å². The van der Waals surface area contributed by atoms with Crippen LogP contribution in [0.2, 0.25) is 0 Å². The molecule has 2 amide bonds. The van der Waals surface area contributed by atoms with Crippen LogP contribution in [0.4, 0.5) is 0 Å². The van der Waals surface area contributed by atoms with E-state index in [1.807, 2.05) is 13.0 Å². The molecule has 1 N–H and O–H groups in total. The van der Waals surface area contributed by atoms with Gasteiger partial charge in [0.15, 0.2) is 0 Å². The number of likely N-dealkylation sites (tertiary alicyclic amines) is 2. The van der Waals surface area contributed by atoms with Gasteiger partial charge in [0.05, 0.1) is 11.0 Å². The first-order chi connectivity index (χ1) is 13.0. The molecule has 1 spiro atoms. The first-order valence-electron chi connectivity index (χ1n) is 10.4. The monoisotopic (exact) mass is 370 g/mol. The van der Waals surface area contributed by atoms with Crippen LogP contribution in [0.3, 0.4) is 0 Å². The Kier molecular flexibility index (Phi) is 4.87. The Bertz CT molecular complexity index is 741. The summed E-state index contributed by atoms with van der Waals surface area (Å²) in [5, 5.41) is 10.2. The molecule has 0 aromatic heterocycles. The topological polar surface area (TPSA) is 60.9 Å². The van der Waals surface area contributed by atoms with Crippen LogP contribution in [0.15, 0.2) is 18.2 Å². The minimum atomic E-state index is -0.411. The van der Waals surface area contributed by atoms with Gasteiger partial charge in [-0.2, -0.15) is 0 Å². The van der Waals surface area contributed by atoms with E-state index in [1.54, 1.807) is 17.0 Å². The molecule has 0 radical (unpaired) electrons. The maximum absolute atomic E-state index is 13.4. The molecule has 5 nitrogen and oxygen atoms in total. The highest BCUT2D eigenvalue weighted by atomic mass is 16.3. The van der Waals surface area contributed by atoms with E-state index >= 15 is 0 Å². The maximum Gasteiger partial charge on any atom is 0.257 e. The van der Waals surface area contributed by atoms with E-state index in [-0.39, 0.29) is 17.6 Å². The summed E-state index contributed by atoms with van der Waals surface area (Å²) in [6, 6.07) is 5.55. The highest BCUT2D eigenvalue weighted by Crippen LogP contribution is 2.42. The third-order valence-electron chi connectivity index (χ3n) is 6.81. The van der Waals surface area contributed by atoms with E-state index in [0.717, 1.165) is 44.2 Å². The summed E-state index contributed by atoms with van der Waals surface area (Å²) in [6.07, 6.45) is 8.62. The molecule has 0 unspecified atom stereocenters. The van der Waals surface area contributed by atoms with Crippen LogP contribution in [0.5, 0.6) is 5.75 Å². The van der Waals surface area contributed by atoms with E-state index in [4.69, 9.17) is 0 Å². The van der Waals surface area contributed by atoms with E-state index in [1.165, 1.54) is 19.3 Å². The lowest BCUT2D eigenvalue weighted by Crippen LogP contribution is -2.54. The molecule has 1 atom stereocenters. The fourth-order valence-corrected chi connectivity index (χ4v) is 5.26. The van der Waals surface area contributed by atoms with Gasteiger partial charge in [-0.1, -0.05) is 25.3 Å². The molecule has 5 heteroatoms. The number of carbonyl (C=O) groups is 2. The Morgan fingerprint density at radius 3 is 2.63 bits per heavy atom. The van der Waals surface area contributed by atoms with E-state index < -0.39 is 5.41 Å². The smallest absolute Gasteiger partial charge is 0.257 e. The van der Waals surface area contributed by atoms with Gasteiger partial charge in [-0.05, 0) is 56.7 Å². The Labute approximate surface area is 161 Å². The van der Waals surface area contributed by atoms with Crippen molar-refractivity contribution in [2.75, 3.05) is 19.6 Å². The van der Waals surface area contributed by atoms with Crippen molar-refractivity contribution in [1.29, 1.82) is 0 Å². The number of nitrogens with zero attached hydrogens (tertiary/aromatic N) is 2. The van der Waals surface area contributed by atoms with Crippen molar-refractivity contribution in [3.63, 3.8) is 0 Å². The molecule has 2 aliphatic heterocycles. The number of carbonyl (C=O) groups excluding carboxylic acids is 2. The summed E-state index contributed by atoms with van der Waals surface area (Å²) in [5.41, 5.74) is 0.851. The van der Waals surface area contributed by atoms with Crippen molar-refractivity contribution in [1.82, 2.24) is 9.80 Å². The molecule has 1 aromatic rings. The first kappa shape index (κ1) is 18.3. The molecule has 2 heterocycles. The molecule has 0 bridgehead atoms. The van der Waals surface area contributed by atoms with Crippen molar-refractivity contribution >= 4 is 11.8 Å². The van der Waals surface area contributed by atoms with Crippen LogP contribution in [0.1, 0.15) is 67.3 Å². The van der Waals surface area contributed by atoms with Crippen LogP contribution in [0, 0.1) is 12.3 Å². The molecule has 2 saturated heterocycles. The zero-order valence-electron chi connectivity index (χ0n) is 16.2. The Balaban J connectivity index is 1.50. The lowest BCUT2D eigenvalue weighted by Gasteiger charge is -2.44. The van der Waals surface area contributed by atoms with Crippen molar-refractivity contribution in [3.8, 4) is 5.75 Å². The second-order valence-corrected chi connectivity index (χ2v) is 8.67. The number of rotatable bonds is 2. The van der Waals surface area contributed by atoms with Crippen LogP contribution in [-0.2, 0) is 4.79 Å². The number of aromatic hydroxyl groups is 1. The number of phenolic OH excluding ortho intramolecular Hbond substituents is 1. The molecule has 3 fully saturated rings. The summed E-state index contributed by atoms with van der Waals surface area (Å²) in [6.45, 7) is 3.84. The summed E-state index contributed by atoms with van der Waals surface area (Å²) >= 11 is 0. The molecule has 1 aliphatic carbocycles. The van der Waals surface area contributed by atoms with Gasteiger partial charge in [-0.15, -0.1) is 0 Å². The van der Waals surface area contributed by atoms with Crippen molar-refractivity contribution in [2.24, 2.45) is 5.41 Å². The Hall–Kier alpha value is -2.04. The standard InChI is InChI=1S/C22H30N2O3/c1-16-8-9-18(19(25)14-16)20(26)23-13-11-22(15-23)10-5-12-24(21(22)27)17-6-3-2-4-7-17/h8-9,14,17,25H,2-7,10-13,15H2,1H3/t22-/m1/s1. The molecule has 4 rings (SSSR count). The highest BCUT2D eigenvalue weighted by Gasteiger charge is 2.50. The predicted octanol–water partition coefficient (Wildman–Crippen LogP) is 3.49. The van der Waals surface area contributed by atoms with Crippen LogP contribution < -0.4 is 0 Å². The number of benzene rings is 1. The third-order valence-corrected chi connectivity index (χ3v) is 6.81. The van der Waals surface area contributed by atoms with Crippen LogP contribution in [-0.4, -0.2) is 52.4 Å². The summed E-state index contributed by atoms with van der Waals surface area (Å²) in [4.78, 5) is 30.2. The van der Waals surface area contributed by atoms with E-state index in [9.17, 15) is 14.7 Å². The lowest BCUT2D eigenvalue weighted by atomic mass is 9.77. The molecular weight excluding hydrogens is 340 g/mol. The molecule has 3 aliphatic rings. The summed E-state index contributed by atoms with van der Waals surface area (Å²) in [5.74, 6) is 0.135. The number of hydrogen-bond donors (Lipinski definition) is 1. The Morgan fingerprint density at radius 2 is 1.89 bits per heavy atom. The highest BCUT2D eigenvalue weighted by molar-refractivity contribution is 5.98. The van der Waals surface area contributed by atoms with Gasteiger partial charge in [0.2, 0.25) is 5.91 Å². The number of piperidine rings is 1. The first-order valence-corrected chi connectivity index (χ1v) is 10.4. The number of hydrogen-bond acceptors (Lipinski definition) is 3. The zero-order valence-corrected chi connectivity index (χ0v) is 16.2. The zero-order chi connectivity index (χ0) is 19.0. The second kappa shape index (κ2) is 7.17. The van der Waals surface area contributed by atoms with E-state index in [0.29, 0.717) is 24.7 Å². The average Bonchev–Trinajstić information content (AvgIpc) is 3.09. The number of phenols is 1. The number of aryl methyl sites for hydroxylation is 1. The fraction of sp³-hybridized carbons (Fsp3) is 0.636. The van der Waals surface area contributed by atoms with Gasteiger partial charge in [-0.3, -0.25) is 9.59 Å². The van der Waals surface area contributed by atoms with E-state index in [2.05, 4.69) is 4.90 Å². The molecular formula is C22H30N2O3. The Morgan fingerprint density at radius 1 is 1.11 bits per heavy atom. The quantitative estimate of drug-likeness (QED) is 0.867. The van der Waals surface area contributed by atoms with Gasteiger partial charge in [-0.25, -0.2) is 0 Å². The van der Waals surface area contributed by atoms with Gasteiger partial charge in [0.25, 0.3) is 5.91 Å². The van der Waals surface area contributed by atoms with Crippen molar-refractivity contribution in [3.05, 3.63) is 29.3 Å². The molecule has 146 valence electrons.